The summed E-state index contributed by atoms with van der Waals surface area (Å²) in [6.07, 6.45) is 2.56. The Balaban J connectivity index is 1.36. The predicted octanol–water partition coefficient (Wildman–Crippen LogP) is 4.34. The van der Waals surface area contributed by atoms with Crippen LogP contribution in [0.25, 0.3) is 0 Å². The molecule has 0 atom stereocenters. The van der Waals surface area contributed by atoms with E-state index in [1.807, 2.05) is 24.3 Å². The summed E-state index contributed by atoms with van der Waals surface area (Å²) >= 11 is 0. The molecule has 166 valence electrons. The number of carbonyl (C=O) groups is 1. The van der Waals surface area contributed by atoms with Gasteiger partial charge in [-0.15, -0.1) is 0 Å². The molecule has 1 fully saturated rings. The molecule has 32 heavy (non-hydrogen) atoms. The first kappa shape index (κ1) is 22.0. The van der Waals surface area contributed by atoms with E-state index in [9.17, 15) is 13.2 Å². The van der Waals surface area contributed by atoms with Crippen LogP contribution in [0.15, 0.2) is 83.8 Å². The van der Waals surface area contributed by atoms with Gasteiger partial charge in [-0.3, -0.25) is 4.79 Å². The number of nitrogens with one attached hydrogen (secondary N) is 1. The van der Waals surface area contributed by atoms with Gasteiger partial charge in [-0.1, -0.05) is 36.4 Å². The van der Waals surface area contributed by atoms with Crippen LogP contribution >= 0.6 is 0 Å². The zero-order valence-electron chi connectivity index (χ0n) is 17.7. The lowest BCUT2D eigenvalue weighted by Crippen LogP contribution is -2.27. The van der Waals surface area contributed by atoms with E-state index in [2.05, 4.69) is 17.4 Å². The molecule has 4 rings (SSSR count). The Kier molecular flexibility index (Phi) is 6.87. The van der Waals surface area contributed by atoms with Gasteiger partial charge in [-0.05, 0) is 60.9 Å². The van der Waals surface area contributed by atoms with Crippen molar-refractivity contribution in [1.82, 2.24) is 4.31 Å². The fourth-order valence-electron chi connectivity index (χ4n) is 3.65. The maximum atomic E-state index is 12.7. The monoisotopic (exact) mass is 450 g/mol. The van der Waals surface area contributed by atoms with Gasteiger partial charge in [0.05, 0.1) is 11.5 Å². The highest BCUT2D eigenvalue weighted by molar-refractivity contribution is 7.89. The predicted molar refractivity (Wildman–Crippen MR) is 124 cm³/mol. The van der Waals surface area contributed by atoms with Crippen LogP contribution in [0.5, 0.6) is 5.75 Å². The van der Waals surface area contributed by atoms with Crippen LogP contribution in [0.2, 0.25) is 0 Å². The van der Waals surface area contributed by atoms with Crippen LogP contribution in [0.1, 0.15) is 28.8 Å². The van der Waals surface area contributed by atoms with Crippen molar-refractivity contribution in [2.24, 2.45) is 0 Å². The minimum absolute atomic E-state index is 0.242. The second kappa shape index (κ2) is 9.97. The SMILES string of the molecule is O=C(Nc1ccc(S(=O)(=O)N2CCCC2)cc1)c1cccc(OCCc2ccccc2)c1. The summed E-state index contributed by atoms with van der Waals surface area (Å²) in [5, 5.41) is 2.81. The number of sulfonamides is 1. The lowest BCUT2D eigenvalue weighted by molar-refractivity contribution is 0.102. The molecule has 1 saturated heterocycles. The van der Waals surface area contributed by atoms with Crippen LogP contribution in [0.4, 0.5) is 5.69 Å². The molecule has 0 bridgehead atoms. The highest BCUT2D eigenvalue weighted by Gasteiger charge is 2.26. The van der Waals surface area contributed by atoms with Crippen molar-refractivity contribution >= 4 is 21.6 Å². The molecule has 0 saturated carbocycles. The number of rotatable bonds is 8. The third-order valence-electron chi connectivity index (χ3n) is 5.41. The number of hydrogen-bond donors (Lipinski definition) is 1. The van der Waals surface area contributed by atoms with Crippen molar-refractivity contribution in [3.05, 3.63) is 90.0 Å². The molecule has 1 amide bonds. The Morgan fingerprint density at radius 2 is 1.62 bits per heavy atom. The number of nitrogens with zero attached hydrogens (tertiary/aromatic N) is 1. The van der Waals surface area contributed by atoms with Crippen molar-refractivity contribution in [3.8, 4) is 5.75 Å². The molecule has 7 heteroatoms. The van der Waals surface area contributed by atoms with Gasteiger partial charge in [-0.2, -0.15) is 4.31 Å². The second-order valence-corrected chi connectivity index (χ2v) is 9.64. The van der Waals surface area contributed by atoms with Crippen molar-refractivity contribution in [2.75, 3.05) is 25.0 Å². The Labute approximate surface area is 188 Å². The molecule has 0 unspecified atom stereocenters. The molecule has 3 aromatic carbocycles. The summed E-state index contributed by atoms with van der Waals surface area (Å²) in [6, 6.07) is 23.4. The van der Waals surface area contributed by atoms with Gasteiger partial charge in [0.2, 0.25) is 10.0 Å². The molecule has 1 heterocycles. The summed E-state index contributed by atoms with van der Waals surface area (Å²) in [7, 11) is -3.47. The van der Waals surface area contributed by atoms with Gasteiger partial charge in [0.25, 0.3) is 5.91 Å². The van der Waals surface area contributed by atoms with E-state index >= 15 is 0 Å². The first-order chi connectivity index (χ1) is 15.5. The quantitative estimate of drug-likeness (QED) is 0.554. The zero-order valence-corrected chi connectivity index (χ0v) is 18.6. The normalized spacial score (nSPS) is 14.2. The highest BCUT2D eigenvalue weighted by atomic mass is 32.2. The van der Waals surface area contributed by atoms with E-state index in [-0.39, 0.29) is 10.8 Å². The van der Waals surface area contributed by atoms with E-state index in [4.69, 9.17) is 4.74 Å². The van der Waals surface area contributed by atoms with Gasteiger partial charge < -0.3 is 10.1 Å². The zero-order chi connectivity index (χ0) is 22.4. The van der Waals surface area contributed by atoms with E-state index in [0.717, 1.165) is 19.3 Å². The topological polar surface area (TPSA) is 75.7 Å². The molecule has 6 nitrogen and oxygen atoms in total. The number of ether oxygens (including phenoxy) is 1. The van der Waals surface area contributed by atoms with Gasteiger partial charge in [0.1, 0.15) is 5.75 Å². The first-order valence-electron chi connectivity index (χ1n) is 10.7. The maximum Gasteiger partial charge on any atom is 0.255 e. The van der Waals surface area contributed by atoms with Gasteiger partial charge in [0.15, 0.2) is 0 Å². The summed E-state index contributed by atoms with van der Waals surface area (Å²) in [5.41, 5.74) is 2.19. The van der Waals surface area contributed by atoms with Crippen molar-refractivity contribution in [3.63, 3.8) is 0 Å². The summed E-state index contributed by atoms with van der Waals surface area (Å²) in [4.78, 5) is 12.9. The molecule has 3 aromatic rings. The van der Waals surface area contributed by atoms with E-state index in [1.54, 1.807) is 30.3 Å². The highest BCUT2D eigenvalue weighted by Crippen LogP contribution is 2.23. The molecule has 0 radical (unpaired) electrons. The van der Waals surface area contributed by atoms with Crippen LogP contribution < -0.4 is 10.1 Å². The average Bonchev–Trinajstić information content (AvgIpc) is 3.36. The molecule has 1 N–H and O–H groups in total. The smallest absolute Gasteiger partial charge is 0.255 e. The molecule has 0 aromatic heterocycles. The summed E-state index contributed by atoms with van der Waals surface area (Å²) < 4.78 is 32.6. The Morgan fingerprint density at radius 1 is 0.906 bits per heavy atom. The second-order valence-electron chi connectivity index (χ2n) is 7.70. The van der Waals surface area contributed by atoms with Crippen molar-refractivity contribution in [2.45, 2.75) is 24.2 Å². The summed E-state index contributed by atoms with van der Waals surface area (Å²) in [6.45, 7) is 1.64. The third-order valence-corrected chi connectivity index (χ3v) is 7.33. The van der Waals surface area contributed by atoms with Gasteiger partial charge in [0, 0.05) is 30.8 Å². The molecular formula is C25H26N2O4S. The number of benzene rings is 3. The Hall–Kier alpha value is -3.16. The van der Waals surface area contributed by atoms with Gasteiger partial charge >= 0.3 is 0 Å². The lowest BCUT2D eigenvalue weighted by atomic mass is 10.1. The molecule has 0 spiro atoms. The molecular weight excluding hydrogens is 424 g/mol. The van der Waals surface area contributed by atoms with Crippen LogP contribution in [-0.4, -0.2) is 38.3 Å². The lowest BCUT2D eigenvalue weighted by Gasteiger charge is -2.15. The van der Waals surface area contributed by atoms with Crippen LogP contribution in [-0.2, 0) is 16.4 Å². The van der Waals surface area contributed by atoms with E-state index in [1.165, 1.54) is 22.0 Å². The number of carbonyl (C=O) groups excluding carboxylic acids is 1. The minimum atomic E-state index is -3.47. The van der Waals surface area contributed by atoms with Crippen molar-refractivity contribution < 1.29 is 17.9 Å². The Morgan fingerprint density at radius 3 is 2.34 bits per heavy atom. The number of amides is 1. The minimum Gasteiger partial charge on any atom is -0.493 e. The van der Waals surface area contributed by atoms with E-state index in [0.29, 0.717) is 36.7 Å². The number of anilines is 1. The molecule has 1 aliphatic heterocycles. The summed E-state index contributed by atoms with van der Waals surface area (Å²) in [5.74, 6) is 0.342. The molecule has 0 aliphatic carbocycles. The fraction of sp³-hybridized carbons (Fsp3) is 0.240. The van der Waals surface area contributed by atoms with Crippen LogP contribution in [0, 0.1) is 0 Å². The van der Waals surface area contributed by atoms with Crippen molar-refractivity contribution in [1.29, 1.82) is 0 Å². The molecule has 1 aliphatic rings. The third kappa shape index (κ3) is 5.36. The largest absolute Gasteiger partial charge is 0.493 e. The Bertz CT molecular complexity index is 1160. The van der Waals surface area contributed by atoms with Crippen LogP contribution in [0.3, 0.4) is 0 Å². The maximum absolute atomic E-state index is 12.7. The average molecular weight is 451 g/mol. The first-order valence-corrected chi connectivity index (χ1v) is 12.1. The standard InChI is InChI=1S/C25H26N2O4S/c28-25(21-9-6-10-23(19-21)31-18-15-20-7-2-1-3-8-20)26-22-11-13-24(14-12-22)32(29,30)27-16-4-5-17-27/h1-3,6-14,19H,4-5,15-18H2,(H,26,28). The number of hydrogen-bond acceptors (Lipinski definition) is 4. The fourth-order valence-corrected chi connectivity index (χ4v) is 5.17. The van der Waals surface area contributed by atoms with E-state index < -0.39 is 10.0 Å². The van der Waals surface area contributed by atoms with Gasteiger partial charge in [-0.25, -0.2) is 8.42 Å².